The number of rotatable bonds is 6. The lowest BCUT2D eigenvalue weighted by atomic mass is 10.2. The molecular weight excluding hydrogens is 378 g/mol. The largest absolute Gasteiger partial charge is 0.480 e. The molecule has 128 valence electrons. The summed E-state index contributed by atoms with van der Waals surface area (Å²) in [6.07, 6.45) is 1.63. The molecule has 0 saturated carbocycles. The van der Waals surface area contributed by atoms with Gasteiger partial charge in [-0.05, 0) is 11.6 Å². The van der Waals surface area contributed by atoms with E-state index in [0.717, 1.165) is 27.4 Å². The zero-order valence-corrected chi connectivity index (χ0v) is 15.3. The van der Waals surface area contributed by atoms with E-state index in [9.17, 15) is 9.59 Å². The summed E-state index contributed by atoms with van der Waals surface area (Å²) in [6.45, 7) is 0.234. The van der Waals surface area contributed by atoms with Gasteiger partial charge in [-0.1, -0.05) is 54.3 Å². The Labute approximate surface area is 157 Å². The van der Waals surface area contributed by atoms with E-state index in [2.05, 4.69) is 10.3 Å². The molecule has 1 aliphatic heterocycles. The Morgan fingerprint density at radius 2 is 2.12 bits per heavy atom. The molecule has 0 aliphatic carbocycles. The minimum atomic E-state index is -1.10. The highest BCUT2D eigenvalue weighted by atomic mass is 32.2. The monoisotopic (exact) mass is 391 g/mol. The SMILES string of the molecule is O=C(O)CN1C(=O)C(=Cc2csc(NCc3ccccc3)n2)SC1=S. The Morgan fingerprint density at radius 3 is 2.84 bits per heavy atom. The number of hydrogen-bond acceptors (Lipinski definition) is 7. The summed E-state index contributed by atoms with van der Waals surface area (Å²) in [5, 5.41) is 14.7. The Hall–Kier alpha value is -2.23. The van der Waals surface area contributed by atoms with Gasteiger partial charge in [0.1, 0.15) is 10.9 Å². The van der Waals surface area contributed by atoms with Crippen molar-refractivity contribution in [1.82, 2.24) is 9.88 Å². The number of carbonyl (C=O) groups excluding carboxylic acids is 1. The van der Waals surface area contributed by atoms with E-state index in [4.69, 9.17) is 17.3 Å². The van der Waals surface area contributed by atoms with Crippen LogP contribution in [0, 0.1) is 0 Å². The van der Waals surface area contributed by atoms with Crippen LogP contribution < -0.4 is 5.32 Å². The molecule has 0 radical (unpaired) electrons. The van der Waals surface area contributed by atoms with Gasteiger partial charge in [0.2, 0.25) is 0 Å². The summed E-state index contributed by atoms with van der Waals surface area (Å²) in [7, 11) is 0. The van der Waals surface area contributed by atoms with Gasteiger partial charge >= 0.3 is 5.97 Å². The molecule has 1 fully saturated rings. The highest BCUT2D eigenvalue weighted by molar-refractivity contribution is 8.26. The lowest BCUT2D eigenvalue weighted by Gasteiger charge is -2.09. The third-order valence-electron chi connectivity index (χ3n) is 3.25. The number of carboxylic acids is 1. The molecule has 1 aromatic heterocycles. The number of aliphatic carboxylic acids is 1. The summed E-state index contributed by atoms with van der Waals surface area (Å²) < 4.78 is 0.247. The van der Waals surface area contributed by atoms with Crippen molar-refractivity contribution in [2.45, 2.75) is 6.54 Å². The summed E-state index contributed by atoms with van der Waals surface area (Å²) in [5.74, 6) is -1.50. The second kappa shape index (κ2) is 7.77. The maximum absolute atomic E-state index is 12.2. The summed E-state index contributed by atoms with van der Waals surface area (Å²) in [6, 6.07) is 9.96. The zero-order valence-electron chi connectivity index (χ0n) is 12.8. The highest BCUT2D eigenvalue weighted by Gasteiger charge is 2.33. The fourth-order valence-electron chi connectivity index (χ4n) is 2.11. The minimum Gasteiger partial charge on any atom is -0.480 e. The van der Waals surface area contributed by atoms with Crippen LogP contribution in [0.25, 0.3) is 6.08 Å². The van der Waals surface area contributed by atoms with Gasteiger partial charge in [-0.25, -0.2) is 4.98 Å². The van der Waals surface area contributed by atoms with E-state index < -0.39 is 18.4 Å². The standard InChI is InChI=1S/C16H13N3O3S3/c20-13(21)8-19-14(22)12(25-16(19)23)6-11-9-24-15(18-11)17-7-10-4-2-1-3-5-10/h1-6,9H,7-8H2,(H,17,18)(H,20,21). The molecule has 3 rings (SSSR count). The highest BCUT2D eigenvalue weighted by Crippen LogP contribution is 2.32. The minimum absolute atomic E-state index is 0.247. The van der Waals surface area contributed by atoms with Crippen molar-refractivity contribution >= 4 is 62.7 Å². The first-order valence-electron chi connectivity index (χ1n) is 7.23. The van der Waals surface area contributed by atoms with E-state index in [1.54, 1.807) is 6.08 Å². The van der Waals surface area contributed by atoms with Gasteiger partial charge in [-0.3, -0.25) is 14.5 Å². The van der Waals surface area contributed by atoms with Crippen LogP contribution in [0.3, 0.4) is 0 Å². The number of carboxylic acid groups (broad SMARTS) is 1. The van der Waals surface area contributed by atoms with Crippen LogP contribution in [-0.2, 0) is 16.1 Å². The second-order valence-corrected chi connectivity index (χ2v) is 7.61. The van der Waals surface area contributed by atoms with Crippen molar-refractivity contribution in [3.63, 3.8) is 0 Å². The van der Waals surface area contributed by atoms with E-state index in [0.29, 0.717) is 17.1 Å². The van der Waals surface area contributed by atoms with Crippen LogP contribution in [0.1, 0.15) is 11.3 Å². The zero-order chi connectivity index (χ0) is 17.8. The molecule has 0 unspecified atom stereocenters. The first-order valence-corrected chi connectivity index (χ1v) is 9.34. The molecule has 2 heterocycles. The fraction of sp³-hybridized carbons (Fsp3) is 0.125. The Balaban J connectivity index is 1.66. The molecule has 2 N–H and O–H groups in total. The van der Waals surface area contributed by atoms with Crippen LogP contribution in [0.5, 0.6) is 0 Å². The van der Waals surface area contributed by atoms with Crippen molar-refractivity contribution in [2.75, 3.05) is 11.9 Å². The molecule has 1 amide bonds. The molecule has 6 nitrogen and oxygen atoms in total. The maximum atomic E-state index is 12.2. The average Bonchev–Trinajstić information content (AvgIpc) is 3.14. The van der Waals surface area contributed by atoms with Crippen LogP contribution >= 0.6 is 35.3 Å². The maximum Gasteiger partial charge on any atom is 0.323 e. The van der Waals surface area contributed by atoms with E-state index in [1.165, 1.54) is 11.3 Å². The first-order chi connectivity index (χ1) is 12.0. The van der Waals surface area contributed by atoms with Crippen LogP contribution in [-0.4, -0.2) is 37.7 Å². The second-order valence-electron chi connectivity index (χ2n) is 5.08. The molecule has 9 heteroatoms. The fourth-order valence-corrected chi connectivity index (χ4v) is 4.02. The number of benzene rings is 1. The molecular formula is C16H13N3O3S3. The van der Waals surface area contributed by atoms with Crippen LogP contribution in [0.2, 0.25) is 0 Å². The molecule has 25 heavy (non-hydrogen) atoms. The lowest BCUT2D eigenvalue weighted by Crippen LogP contribution is -2.33. The molecule has 0 spiro atoms. The topological polar surface area (TPSA) is 82.5 Å². The van der Waals surface area contributed by atoms with E-state index >= 15 is 0 Å². The van der Waals surface area contributed by atoms with Crippen molar-refractivity contribution in [3.8, 4) is 0 Å². The molecule has 1 aliphatic rings. The summed E-state index contributed by atoms with van der Waals surface area (Å²) >= 11 is 7.59. The van der Waals surface area contributed by atoms with Gasteiger partial charge < -0.3 is 10.4 Å². The molecule has 0 atom stereocenters. The first kappa shape index (κ1) is 17.6. The van der Waals surface area contributed by atoms with Crippen LogP contribution in [0.15, 0.2) is 40.6 Å². The normalized spacial score (nSPS) is 15.8. The van der Waals surface area contributed by atoms with Gasteiger partial charge in [0.15, 0.2) is 5.13 Å². The number of nitrogens with zero attached hydrogens (tertiary/aromatic N) is 2. The van der Waals surface area contributed by atoms with Crippen molar-refractivity contribution in [3.05, 3.63) is 51.9 Å². The number of carbonyl (C=O) groups is 2. The van der Waals surface area contributed by atoms with Crippen molar-refractivity contribution < 1.29 is 14.7 Å². The number of thiazole rings is 1. The lowest BCUT2D eigenvalue weighted by molar-refractivity contribution is -0.140. The van der Waals surface area contributed by atoms with E-state index in [-0.39, 0.29) is 4.32 Å². The van der Waals surface area contributed by atoms with Gasteiger partial charge in [0.05, 0.1) is 10.6 Å². The van der Waals surface area contributed by atoms with Gasteiger partial charge in [-0.15, -0.1) is 11.3 Å². The number of thiocarbonyl (C=S) groups is 1. The van der Waals surface area contributed by atoms with Gasteiger partial charge in [-0.2, -0.15) is 0 Å². The molecule has 1 aromatic carbocycles. The summed E-state index contributed by atoms with van der Waals surface area (Å²) in [4.78, 5) is 28.9. The third kappa shape index (κ3) is 4.44. The van der Waals surface area contributed by atoms with Gasteiger partial charge in [0.25, 0.3) is 5.91 Å². The quantitative estimate of drug-likeness (QED) is 0.578. The number of nitrogens with one attached hydrogen (secondary N) is 1. The smallest absolute Gasteiger partial charge is 0.323 e. The Bertz CT molecular complexity index is 849. The van der Waals surface area contributed by atoms with Crippen LogP contribution in [0.4, 0.5) is 5.13 Å². The molecule has 2 aromatic rings. The number of thioether (sulfide) groups is 1. The predicted octanol–water partition coefficient (Wildman–Crippen LogP) is 3.04. The average molecular weight is 391 g/mol. The Morgan fingerprint density at radius 1 is 1.36 bits per heavy atom. The number of anilines is 1. The van der Waals surface area contributed by atoms with E-state index in [1.807, 2.05) is 35.7 Å². The van der Waals surface area contributed by atoms with Gasteiger partial charge in [0, 0.05) is 11.9 Å². The predicted molar refractivity (Wildman–Crippen MR) is 103 cm³/mol. The van der Waals surface area contributed by atoms with Crippen molar-refractivity contribution in [1.29, 1.82) is 0 Å². The summed E-state index contributed by atoms with van der Waals surface area (Å²) in [5.41, 5.74) is 1.78. The molecule has 0 bridgehead atoms. The number of amides is 1. The third-order valence-corrected chi connectivity index (χ3v) is 5.45. The number of aromatic nitrogens is 1. The Kier molecular flexibility index (Phi) is 5.47. The number of hydrogen-bond donors (Lipinski definition) is 2. The molecule has 1 saturated heterocycles. The van der Waals surface area contributed by atoms with Crippen molar-refractivity contribution in [2.24, 2.45) is 0 Å².